The third kappa shape index (κ3) is 0.876. The monoisotopic (exact) mass is 230 g/mol. The number of benzene rings is 2. The van der Waals surface area contributed by atoms with Crippen molar-refractivity contribution in [3.63, 3.8) is 0 Å². The molecule has 0 fully saturated rings. The number of hydrogen-bond donors (Lipinski definition) is 1. The summed E-state index contributed by atoms with van der Waals surface area (Å²) in [5.41, 5.74) is 5.92. The molecule has 0 saturated heterocycles. The molecule has 3 heterocycles. The van der Waals surface area contributed by atoms with Crippen molar-refractivity contribution >= 4 is 28.2 Å². The van der Waals surface area contributed by atoms with Crippen LogP contribution in [0.2, 0.25) is 0 Å². The molecule has 0 aliphatic carbocycles. The first-order valence-electron chi connectivity index (χ1n) is 5.73. The van der Waals surface area contributed by atoms with E-state index in [1.807, 2.05) is 18.2 Å². The van der Waals surface area contributed by atoms with Crippen LogP contribution in [0.25, 0.3) is 22.2 Å². The molecule has 5 bridgehead atoms. The van der Waals surface area contributed by atoms with Crippen LogP contribution in [0, 0.1) is 6.07 Å². The summed E-state index contributed by atoms with van der Waals surface area (Å²) in [5, 5.41) is 4.50. The van der Waals surface area contributed by atoms with E-state index < -0.39 is 0 Å². The Bertz CT molecular complexity index is 857. The summed E-state index contributed by atoms with van der Waals surface area (Å²) >= 11 is 0. The smallest absolute Gasteiger partial charge is 0.197 e. The highest BCUT2D eigenvalue weighted by molar-refractivity contribution is 6.09. The van der Waals surface area contributed by atoms with Crippen LogP contribution < -0.4 is 5.32 Å². The van der Waals surface area contributed by atoms with Crippen molar-refractivity contribution in [1.82, 2.24) is 15.3 Å². The highest BCUT2D eigenvalue weighted by Crippen LogP contribution is 2.42. The Kier molecular flexibility index (Phi) is 1.23. The third-order valence-corrected chi connectivity index (χ3v) is 3.40. The average molecular weight is 230 g/mol. The van der Waals surface area contributed by atoms with Gasteiger partial charge in [-0.2, -0.15) is 0 Å². The van der Waals surface area contributed by atoms with Crippen LogP contribution in [0.1, 0.15) is 5.82 Å². The van der Waals surface area contributed by atoms with Crippen LogP contribution in [-0.4, -0.2) is 15.8 Å². The summed E-state index contributed by atoms with van der Waals surface area (Å²) < 4.78 is 0. The summed E-state index contributed by atoms with van der Waals surface area (Å²) in [6.07, 6.45) is 0. The molecule has 3 aromatic rings. The number of rotatable bonds is 0. The van der Waals surface area contributed by atoms with Crippen LogP contribution in [0.3, 0.4) is 0 Å². The van der Waals surface area contributed by atoms with Crippen LogP contribution in [0.15, 0.2) is 35.3 Å². The molecule has 4 nitrogen and oxygen atoms in total. The van der Waals surface area contributed by atoms with E-state index in [1.165, 1.54) is 0 Å². The molecule has 2 aromatic carbocycles. The van der Waals surface area contributed by atoms with E-state index in [1.54, 1.807) is 0 Å². The number of fused-ring (bicyclic) bond motifs is 4. The molecule has 1 N–H and O–H groups in total. The van der Waals surface area contributed by atoms with E-state index in [0.29, 0.717) is 5.84 Å². The molecule has 0 atom stereocenters. The Morgan fingerprint density at radius 1 is 1.17 bits per heavy atom. The Morgan fingerprint density at radius 2 is 2.17 bits per heavy atom. The zero-order valence-corrected chi connectivity index (χ0v) is 9.23. The third-order valence-electron chi connectivity index (χ3n) is 3.40. The molecule has 0 amide bonds. The summed E-state index contributed by atoms with van der Waals surface area (Å²) in [4.78, 5) is 12.4. The number of aromatic amines is 1. The van der Waals surface area contributed by atoms with Gasteiger partial charge in [0.05, 0.1) is 22.4 Å². The first kappa shape index (κ1) is 8.47. The predicted octanol–water partition coefficient (Wildman–Crippen LogP) is 2.67. The fraction of sp³-hybridized carbons (Fsp3) is 0. The van der Waals surface area contributed by atoms with Crippen molar-refractivity contribution in [1.29, 1.82) is 0 Å². The van der Waals surface area contributed by atoms with Crippen molar-refractivity contribution in [2.24, 2.45) is 4.99 Å². The minimum absolute atomic E-state index is 0.656. The molecule has 0 spiro atoms. The largest absolute Gasteiger partial charge is 0.335 e. The zero-order valence-electron chi connectivity index (χ0n) is 9.23. The van der Waals surface area contributed by atoms with Gasteiger partial charge in [-0.25, -0.2) is 15.3 Å². The number of imidazole rings is 1. The van der Waals surface area contributed by atoms with Gasteiger partial charge in [-0.05, 0) is 35.9 Å². The second-order valence-electron chi connectivity index (χ2n) is 4.47. The first-order valence-corrected chi connectivity index (χ1v) is 5.73. The van der Waals surface area contributed by atoms with Crippen molar-refractivity contribution < 1.29 is 0 Å². The molecule has 2 radical (unpaired) electrons. The van der Waals surface area contributed by atoms with Crippen molar-refractivity contribution in [2.75, 3.05) is 0 Å². The highest BCUT2D eigenvalue weighted by atomic mass is 15.1. The molecule has 2 aliphatic rings. The highest BCUT2D eigenvalue weighted by Gasteiger charge is 2.24. The van der Waals surface area contributed by atoms with E-state index in [9.17, 15) is 0 Å². The SMILES string of the molecule is [c]1cc2c3c(c1)-c1ccc4[nH]c(nc4c1)C(=N3)[N]2. The fourth-order valence-electron chi connectivity index (χ4n) is 2.53. The molecule has 18 heavy (non-hydrogen) atoms. The van der Waals surface area contributed by atoms with Crippen molar-refractivity contribution in [3.8, 4) is 11.1 Å². The van der Waals surface area contributed by atoms with E-state index in [-0.39, 0.29) is 0 Å². The van der Waals surface area contributed by atoms with Gasteiger partial charge in [0.25, 0.3) is 0 Å². The lowest BCUT2D eigenvalue weighted by molar-refractivity contribution is 1.20. The van der Waals surface area contributed by atoms with Gasteiger partial charge >= 0.3 is 0 Å². The van der Waals surface area contributed by atoms with Crippen LogP contribution in [0.5, 0.6) is 0 Å². The van der Waals surface area contributed by atoms with Gasteiger partial charge in [0.2, 0.25) is 0 Å². The molecular weight excluding hydrogens is 224 g/mol. The van der Waals surface area contributed by atoms with E-state index in [0.717, 1.165) is 39.4 Å². The summed E-state index contributed by atoms with van der Waals surface area (Å²) in [7, 11) is 0. The number of aliphatic imine (C=N–C) groups is 1. The number of nitrogens with zero attached hydrogens (tertiary/aromatic N) is 3. The number of hydrogen-bond acceptors (Lipinski definition) is 2. The molecule has 2 aliphatic heterocycles. The quantitative estimate of drug-likeness (QED) is 0.634. The van der Waals surface area contributed by atoms with Crippen molar-refractivity contribution in [2.45, 2.75) is 0 Å². The van der Waals surface area contributed by atoms with E-state index in [2.05, 4.69) is 38.5 Å². The molecule has 4 heteroatoms. The normalized spacial score (nSPS) is 14.3. The molecule has 0 unspecified atom stereocenters. The van der Waals surface area contributed by atoms with Gasteiger partial charge in [0, 0.05) is 5.56 Å². The average Bonchev–Trinajstić information content (AvgIpc) is 3.00. The van der Waals surface area contributed by atoms with Crippen LogP contribution in [0.4, 0.5) is 11.4 Å². The van der Waals surface area contributed by atoms with Crippen LogP contribution in [-0.2, 0) is 0 Å². The van der Waals surface area contributed by atoms with Gasteiger partial charge in [0.15, 0.2) is 11.7 Å². The minimum atomic E-state index is 0.656. The van der Waals surface area contributed by atoms with Gasteiger partial charge in [-0.3, -0.25) is 0 Å². The summed E-state index contributed by atoms with van der Waals surface area (Å²) in [6.45, 7) is 0. The van der Waals surface area contributed by atoms with Gasteiger partial charge < -0.3 is 4.98 Å². The van der Waals surface area contributed by atoms with Gasteiger partial charge in [-0.1, -0.05) is 6.07 Å². The maximum Gasteiger partial charge on any atom is 0.197 e. The van der Waals surface area contributed by atoms with Gasteiger partial charge in [-0.15, -0.1) is 0 Å². The Labute approximate surface area is 102 Å². The Hall–Kier alpha value is -2.62. The molecular formula is C14H6N4. The predicted molar refractivity (Wildman–Crippen MR) is 68.4 cm³/mol. The second-order valence-corrected chi connectivity index (χ2v) is 4.47. The standard InChI is InChI=1S/C14H6N4/c1-2-8-7-4-5-9-11(6-7)17-13(15-9)14-16-10(3-1)12(8)18-14/h2-6H,(H,15,17). The lowest BCUT2D eigenvalue weighted by Crippen LogP contribution is -2.09. The number of amidine groups is 1. The maximum atomic E-state index is 4.59. The molecule has 0 saturated carbocycles. The van der Waals surface area contributed by atoms with Crippen molar-refractivity contribution in [3.05, 3.63) is 42.2 Å². The first-order chi connectivity index (χ1) is 8.88. The Balaban J connectivity index is 2.04. The number of aromatic nitrogens is 2. The van der Waals surface area contributed by atoms with Crippen LogP contribution >= 0.6 is 0 Å². The fourth-order valence-corrected chi connectivity index (χ4v) is 2.53. The number of nitrogens with one attached hydrogen (secondary N) is 1. The minimum Gasteiger partial charge on any atom is -0.335 e. The summed E-state index contributed by atoms with van der Waals surface area (Å²) in [5.74, 6) is 1.38. The molecule has 82 valence electrons. The van der Waals surface area contributed by atoms with E-state index in [4.69, 9.17) is 0 Å². The molecule has 1 aromatic heterocycles. The topological polar surface area (TPSA) is 55.1 Å². The van der Waals surface area contributed by atoms with E-state index >= 15 is 0 Å². The maximum absolute atomic E-state index is 4.59. The lowest BCUT2D eigenvalue weighted by Gasteiger charge is -2.05. The van der Waals surface area contributed by atoms with Gasteiger partial charge in [0.1, 0.15) is 0 Å². The lowest BCUT2D eigenvalue weighted by atomic mass is 10.0. The zero-order chi connectivity index (χ0) is 11.7. The molecule has 5 rings (SSSR count). The number of H-pyrrole nitrogens is 1. The summed E-state index contributed by atoms with van der Waals surface area (Å²) in [6, 6.07) is 13.2. The second kappa shape index (κ2) is 2.61. The Morgan fingerprint density at radius 3 is 3.17 bits per heavy atom.